The number of rotatable bonds is 8. The fourth-order valence-electron chi connectivity index (χ4n) is 5.48. The standard InChI is InChI=1S/C26H23ClFN5O3/c1-15(18-7-17(28)4-5-19(18)27)36-23(35)8-21-24(31-32-33(21)2)20-6-3-16(10-30-20)22(34)9-25-11-26(12-25,13-25)14-29/h3-7,10,15H,8-9,11-13H2,1-2H3/t15-,25?,26?/m1/s1. The lowest BCUT2D eigenvalue weighted by Gasteiger charge is -2.67. The van der Waals surface area contributed by atoms with Crippen molar-refractivity contribution in [3.8, 4) is 17.5 Å². The number of nitrogens with zero attached hydrogens (tertiary/aromatic N) is 5. The van der Waals surface area contributed by atoms with Gasteiger partial charge < -0.3 is 4.74 Å². The van der Waals surface area contributed by atoms with Gasteiger partial charge in [-0.1, -0.05) is 16.8 Å². The van der Waals surface area contributed by atoms with E-state index in [0.29, 0.717) is 39.7 Å². The Bertz CT molecular complexity index is 1390. The molecule has 1 atom stereocenters. The van der Waals surface area contributed by atoms with E-state index in [9.17, 15) is 19.2 Å². The largest absolute Gasteiger partial charge is 0.457 e. The number of benzene rings is 1. The van der Waals surface area contributed by atoms with Crippen LogP contribution in [-0.2, 0) is 23.0 Å². The average Bonchev–Trinajstić information content (AvgIpc) is 3.16. The van der Waals surface area contributed by atoms with Crippen LogP contribution in [0.3, 0.4) is 0 Å². The molecule has 0 aliphatic heterocycles. The number of aromatic nitrogens is 4. The molecule has 10 heteroatoms. The van der Waals surface area contributed by atoms with Crippen molar-refractivity contribution in [3.63, 3.8) is 0 Å². The van der Waals surface area contributed by atoms with Crippen molar-refractivity contribution in [1.29, 1.82) is 5.26 Å². The fourth-order valence-corrected chi connectivity index (χ4v) is 5.76. The number of carbonyl (C=O) groups excluding carboxylic acids is 2. The van der Waals surface area contributed by atoms with Crippen molar-refractivity contribution in [2.45, 2.75) is 45.1 Å². The van der Waals surface area contributed by atoms with Crippen LogP contribution in [0.2, 0.25) is 5.02 Å². The van der Waals surface area contributed by atoms with Crippen LogP contribution in [0, 0.1) is 28.0 Å². The smallest absolute Gasteiger partial charge is 0.312 e. The van der Waals surface area contributed by atoms with Crippen LogP contribution in [0.15, 0.2) is 36.5 Å². The number of ether oxygens (including phenoxy) is 1. The summed E-state index contributed by atoms with van der Waals surface area (Å²) in [5.41, 5.74) is 2.03. The van der Waals surface area contributed by atoms with E-state index in [-0.39, 0.29) is 23.0 Å². The number of carbonyl (C=O) groups is 2. The van der Waals surface area contributed by atoms with Gasteiger partial charge in [0.25, 0.3) is 0 Å². The van der Waals surface area contributed by atoms with E-state index in [1.807, 2.05) is 0 Å². The Morgan fingerprint density at radius 1 is 1.28 bits per heavy atom. The Morgan fingerprint density at radius 3 is 2.69 bits per heavy atom. The number of Topliss-reactive ketones (excluding diaryl/α,β-unsaturated/α-hetero) is 1. The molecule has 3 aliphatic carbocycles. The van der Waals surface area contributed by atoms with Crippen LogP contribution in [-0.4, -0.2) is 31.7 Å². The second kappa shape index (κ2) is 8.79. The highest BCUT2D eigenvalue weighted by Crippen LogP contribution is 2.74. The van der Waals surface area contributed by atoms with E-state index in [1.54, 1.807) is 26.1 Å². The van der Waals surface area contributed by atoms with E-state index in [4.69, 9.17) is 16.3 Å². The first-order valence-electron chi connectivity index (χ1n) is 11.6. The van der Waals surface area contributed by atoms with Crippen LogP contribution >= 0.6 is 11.6 Å². The van der Waals surface area contributed by atoms with Crippen molar-refractivity contribution in [1.82, 2.24) is 20.0 Å². The first-order valence-corrected chi connectivity index (χ1v) is 11.9. The zero-order valence-corrected chi connectivity index (χ0v) is 20.5. The zero-order chi connectivity index (χ0) is 25.7. The van der Waals surface area contributed by atoms with Crippen LogP contribution in [0.5, 0.6) is 0 Å². The third-order valence-electron chi connectivity index (χ3n) is 7.20. The van der Waals surface area contributed by atoms with Crippen molar-refractivity contribution >= 4 is 23.4 Å². The molecule has 3 aliphatic rings. The summed E-state index contributed by atoms with van der Waals surface area (Å²) in [6, 6.07) is 9.62. The molecular formula is C26H23ClFN5O3. The third kappa shape index (κ3) is 4.26. The van der Waals surface area contributed by atoms with Crippen LogP contribution in [0.1, 0.15) is 60.3 Å². The topological polar surface area (TPSA) is 111 Å². The van der Waals surface area contributed by atoms with Gasteiger partial charge in [-0.3, -0.25) is 19.3 Å². The van der Waals surface area contributed by atoms with Gasteiger partial charge in [0.15, 0.2) is 5.78 Å². The van der Waals surface area contributed by atoms with Crippen LogP contribution in [0.25, 0.3) is 11.4 Å². The number of pyridine rings is 1. The Balaban J connectivity index is 1.25. The van der Waals surface area contributed by atoms with Crippen molar-refractivity contribution in [2.75, 3.05) is 0 Å². The molecule has 1 aromatic carbocycles. The highest BCUT2D eigenvalue weighted by molar-refractivity contribution is 6.31. The Labute approximate surface area is 212 Å². The zero-order valence-electron chi connectivity index (χ0n) is 19.8. The molecule has 2 bridgehead atoms. The molecule has 3 aromatic rings. The molecule has 6 rings (SSSR count). The Kier molecular flexibility index (Phi) is 5.87. The molecule has 3 saturated carbocycles. The van der Waals surface area contributed by atoms with Gasteiger partial charge in [0.1, 0.15) is 17.6 Å². The van der Waals surface area contributed by atoms with Gasteiger partial charge >= 0.3 is 5.97 Å². The maximum Gasteiger partial charge on any atom is 0.312 e. The molecule has 0 unspecified atom stereocenters. The number of esters is 1. The van der Waals surface area contributed by atoms with Crippen LogP contribution < -0.4 is 0 Å². The molecule has 8 nitrogen and oxygen atoms in total. The number of halogens is 2. The van der Waals surface area contributed by atoms with Gasteiger partial charge in [0, 0.05) is 35.8 Å². The molecule has 36 heavy (non-hydrogen) atoms. The molecule has 3 fully saturated rings. The number of ketones is 1. The lowest BCUT2D eigenvalue weighted by molar-refractivity contribution is -0.159. The van der Waals surface area contributed by atoms with E-state index in [2.05, 4.69) is 21.4 Å². The summed E-state index contributed by atoms with van der Waals surface area (Å²) in [7, 11) is 1.65. The molecule has 2 aromatic heterocycles. The molecule has 0 radical (unpaired) electrons. The van der Waals surface area contributed by atoms with Gasteiger partial charge in [0.05, 0.1) is 29.3 Å². The van der Waals surface area contributed by atoms with E-state index in [0.717, 1.165) is 19.3 Å². The summed E-state index contributed by atoms with van der Waals surface area (Å²) in [6.45, 7) is 1.62. The number of hydrogen-bond donors (Lipinski definition) is 0. The number of nitriles is 1. The maximum atomic E-state index is 13.6. The molecule has 0 N–H and O–H groups in total. The van der Waals surface area contributed by atoms with Gasteiger partial charge in [-0.25, -0.2) is 4.39 Å². The first-order chi connectivity index (χ1) is 17.1. The monoisotopic (exact) mass is 507 g/mol. The lowest BCUT2D eigenvalue weighted by Crippen LogP contribution is -2.61. The van der Waals surface area contributed by atoms with Crippen molar-refractivity contribution in [3.05, 3.63) is 64.2 Å². The minimum Gasteiger partial charge on any atom is -0.457 e. The quantitative estimate of drug-likeness (QED) is 0.318. The van der Waals surface area contributed by atoms with Gasteiger partial charge in [-0.15, -0.1) is 5.10 Å². The second-order valence-electron chi connectivity index (χ2n) is 9.94. The van der Waals surface area contributed by atoms with E-state index in [1.165, 1.54) is 29.1 Å². The second-order valence-corrected chi connectivity index (χ2v) is 10.3. The summed E-state index contributed by atoms with van der Waals surface area (Å²) >= 11 is 6.12. The molecule has 0 spiro atoms. The van der Waals surface area contributed by atoms with Crippen LogP contribution in [0.4, 0.5) is 4.39 Å². The summed E-state index contributed by atoms with van der Waals surface area (Å²) in [5, 5.41) is 17.6. The minimum absolute atomic E-state index is 0.00762. The van der Waals surface area contributed by atoms with Gasteiger partial charge in [-0.2, -0.15) is 5.26 Å². The summed E-state index contributed by atoms with van der Waals surface area (Å²) in [5.74, 6) is -1.03. The SMILES string of the molecule is C[C@@H](OC(=O)Cc1c(-c2ccc(C(=O)CC34CC(C#N)(C3)C4)cn2)nnn1C)c1cc(F)ccc1Cl. The van der Waals surface area contributed by atoms with Gasteiger partial charge in [-0.05, 0) is 61.9 Å². The Morgan fingerprint density at radius 2 is 2.03 bits per heavy atom. The molecule has 0 saturated heterocycles. The number of hydrogen-bond acceptors (Lipinski definition) is 7. The molecular weight excluding hydrogens is 485 g/mol. The highest BCUT2D eigenvalue weighted by Gasteiger charge is 2.68. The van der Waals surface area contributed by atoms with E-state index >= 15 is 0 Å². The van der Waals surface area contributed by atoms with Gasteiger partial charge in [0.2, 0.25) is 0 Å². The molecule has 2 heterocycles. The number of aryl methyl sites for hydroxylation is 1. The molecule has 184 valence electrons. The maximum absolute atomic E-state index is 13.6. The molecule has 0 amide bonds. The lowest BCUT2D eigenvalue weighted by atomic mass is 9.34. The summed E-state index contributed by atoms with van der Waals surface area (Å²) < 4.78 is 20.5. The predicted molar refractivity (Wildman–Crippen MR) is 127 cm³/mol. The summed E-state index contributed by atoms with van der Waals surface area (Å²) in [4.78, 5) is 29.8. The first kappa shape index (κ1) is 24.1. The Hall–Kier alpha value is -3.64. The average molecular weight is 508 g/mol. The highest BCUT2D eigenvalue weighted by atomic mass is 35.5. The minimum atomic E-state index is -0.752. The van der Waals surface area contributed by atoms with E-state index < -0.39 is 17.9 Å². The third-order valence-corrected chi connectivity index (χ3v) is 7.54. The van der Waals surface area contributed by atoms with Crippen molar-refractivity contribution in [2.24, 2.45) is 17.9 Å². The normalized spacial score (nSPS) is 22.6. The van der Waals surface area contributed by atoms with Crippen molar-refractivity contribution < 1.29 is 18.7 Å². The fraction of sp³-hybridized carbons (Fsp3) is 0.385. The summed E-state index contributed by atoms with van der Waals surface area (Å²) in [6.07, 6.45) is 3.45. The predicted octanol–water partition coefficient (Wildman–Crippen LogP) is 4.78.